The molecule has 1 aliphatic rings. The standard InChI is InChI=1S/C16H15BrFN3O3/c17-10-8-11(18)14(15(19)22)12(9-10)20-3-5-21(6-4-20)16(23)13-2-1-7-24-13/h1-2,7-9H,3-6H2,(H2,19,22). The first-order valence-corrected chi connectivity index (χ1v) is 8.13. The van der Waals surface area contributed by atoms with E-state index < -0.39 is 11.7 Å². The van der Waals surface area contributed by atoms with Gasteiger partial charge in [0.15, 0.2) is 5.76 Å². The largest absolute Gasteiger partial charge is 0.459 e. The highest BCUT2D eigenvalue weighted by Crippen LogP contribution is 2.29. The van der Waals surface area contributed by atoms with Gasteiger partial charge in [0, 0.05) is 30.7 Å². The van der Waals surface area contributed by atoms with Gasteiger partial charge in [-0.1, -0.05) is 15.9 Å². The van der Waals surface area contributed by atoms with E-state index in [0.717, 1.165) is 0 Å². The van der Waals surface area contributed by atoms with Gasteiger partial charge in [-0.2, -0.15) is 0 Å². The highest BCUT2D eigenvalue weighted by Gasteiger charge is 2.27. The molecule has 1 aliphatic heterocycles. The molecule has 6 nitrogen and oxygen atoms in total. The molecule has 0 bridgehead atoms. The molecule has 0 spiro atoms. The smallest absolute Gasteiger partial charge is 0.289 e. The first-order chi connectivity index (χ1) is 11.5. The van der Waals surface area contributed by atoms with Gasteiger partial charge >= 0.3 is 0 Å². The Morgan fingerprint density at radius 2 is 1.92 bits per heavy atom. The van der Waals surface area contributed by atoms with E-state index in [4.69, 9.17) is 10.2 Å². The Kier molecular flexibility index (Phi) is 4.57. The van der Waals surface area contributed by atoms with Crippen LogP contribution in [0.2, 0.25) is 0 Å². The van der Waals surface area contributed by atoms with Crippen LogP contribution in [-0.2, 0) is 0 Å². The van der Waals surface area contributed by atoms with Gasteiger partial charge in [-0.25, -0.2) is 4.39 Å². The minimum Gasteiger partial charge on any atom is -0.459 e. The lowest BCUT2D eigenvalue weighted by Gasteiger charge is -2.36. The lowest BCUT2D eigenvalue weighted by molar-refractivity contribution is 0.0714. The second kappa shape index (κ2) is 6.64. The minimum atomic E-state index is -0.816. The van der Waals surface area contributed by atoms with Gasteiger partial charge in [0.25, 0.3) is 11.8 Å². The number of primary amides is 1. The molecule has 0 atom stereocenters. The fourth-order valence-corrected chi connectivity index (χ4v) is 3.18. The van der Waals surface area contributed by atoms with E-state index in [1.807, 2.05) is 4.90 Å². The van der Waals surface area contributed by atoms with E-state index in [9.17, 15) is 14.0 Å². The number of benzene rings is 1. The molecule has 2 aromatic rings. The Morgan fingerprint density at radius 1 is 1.21 bits per heavy atom. The number of nitrogens with zero attached hydrogens (tertiary/aromatic N) is 2. The molecule has 1 saturated heterocycles. The number of nitrogens with two attached hydrogens (primary N) is 1. The van der Waals surface area contributed by atoms with Crippen LogP contribution in [0.5, 0.6) is 0 Å². The molecule has 2 heterocycles. The second-order valence-corrected chi connectivity index (χ2v) is 6.32. The molecular weight excluding hydrogens is 381 g/mol. The first-order valence-electron chi connectivity index (χ1n) is 7.34. The van der Waals surface area contributed by atoms with Crippen molar-refractivity contribution in [2.45, 2.75) is 0 Å². The summed E-state index contributed by atoms with van der Waals surface area (Å²) in [5.74, 6) is -1.38. The van der Waals surface area contributed by atoms with Crippen molar-refractivity contribution < 1.29 is 18.4 Å². The molecule has 1 fully saturated rings. The number of anilines is 1. The van der Waals surface area contributed by atoms with Crippen molar-refractivity contribution in [2.75, 3.05) is 31.1 Å². The number of amides is 2. The lowest BCUT2D eigenvalue weighted by Crippen LogP contribution is -2.49. The molecule has 24 heavy (non-hydrogen) atoms. The zero-order chi connectivity index (χ0) is 17.3. The van der Waals surface area contributed by atoms with Gasteiger partial charge < -0.3 is 20.0 Å². The Morgan fingerprint density at radius 3 is 2.50 bits per heavy atom. The monoisotopic (exact) mass is 395 g/mol. The lowest BCUT2D eigenvalue weighted by atomic mass is 10.1. The van der Waals surface area contributed by atoms with Crippen molar-refractivity contribution in [2.24, 2.45) is 5.73 Å². The van der Waals surface area contributed by atoms with Gasteiger partial charge in [-0.3, -0.25) is 9.59 Å². The zero-order valence-electron chi connectivity index (χ0n) is 12.7. The molecule has 2 amide bonds. The normalized spacial score (nSPS) is 14.8. The molecule has 8 heteroatoms. The maximum atomic E-state index is 14.1. The van der Waals surface area contributed by atoms with Gasteiger partial charge in [0.05, 0.1) is 17.5 Å². The molecule has 0 unspecified atom stereocenters. The molecule has 0 aliphatic carbocycles. The van der Waals surface area contributed by atoms with Crippen molar-refractivity contribution in [3.8, 4) is 0 Å². The Balaban J connectivity index is 1.78. The van der Waals surface area contributed by atoms with Gasteiger partial charge in [-0.05, 0) is 24.3 Å². The SMILES string of the molecule is NC(=O)c1c(F)cc(Br)cc1N1CCN(C(=O)c2ccco2)CC1. The Bertz CT molecular complexity index is 771. The van der Waals surface area contributed by atoms with E-state index in [1.54, 1.807) is 23.1 Å². The van der Waals surface area contributed by atoms with Gasteiger partial charge in [0.2, 0.25) is 0 Å². The van der Waals surface area contributed by atoms with Crippen molar-refractivity contribution >= 4 is 33.4 Å². The fourth-order valence-electron chi connectivity index (χ4n) is 2.76. The summed E-state index contributed by atoms with van der Waals surface area (Å²) in [4.78, 5) is 27.4. The number of carbonyl (C=O) groups excluding carboxylic acids is 2. The third kappa shape index (κ3) is 3.14. The van der Waals surface area contributed by atoms with E-state index in [0.29, 0.717) is 36.3 Å². The molecule has 1 aromatic heterocycles. The van der Waals surface area contributed by atoms with Gasteiger partial charge in [-0.15, -0.1) is 0 Å². The predicted molar refractivity (Wildman–Crippen MR) is 89.4 cm³/mol. The second-order valence-electron chi connectivity index (χ2n) is 5.40. The molecule has 3 rings (SSSR count). The van der Waals surface area contributed by atoms with Crippen LogP contribution >= 0.6 is 15.9 Å². The number of hydrogen-bond donors (Lipinski definition) is 1. The number of rotatable bonds is 3. The van der Waals surface area contributed by atoms with Crippen LogP contribution in [0.1, 0.15) is 20.9 Å². The molecule has 1 aromatic carbocycles. The van der Waals surface area contributed by atoms with Crippen LogP contribution < -0.4 is 10.6 Å². The highest BCUT2D eigenvalue weighted by molar-refractivity contribution is 9.10. The van der Waals surface area contributed by atoms with E-state index in [2.05, 4.69) is 15.9 Å². The number of carbonyl (C=O) groups is 2. The average molecular weight is 396 g/mol. The molecule has 0 saturated carbocycles. The van der Waals surface area contributed by atoms with Crippen LogP contribution in [-0.4, -0.2) is 42.9 Å². The highest BCUT2D eigenvalue weighted by atomic mass is 79.9. The third-order valence-corrected chi connectivity index (χ3v) is 4.38. The van der Waals surface area contributed by atoms with Crippen LogP contribution in [0.15, 0.2) is 39.4 Å². The van der Waals surface area contributed by atoms with Gasteiger partial charge in [0.1, 0.15) is 5.82 Å². The van der Waals surface area contributed by atoms with E-state index >= 15 is 0 Å². The summed E-state index contributed by atoms with van der Waals surface area (Å²) in [5, 5.41) is 0. The fraction of sp³-hybridized carbons (Fsp3) is 0.250. The molecule has 0 radical (unpaired) electrons. The van der Waals surface area contributed by atoms with E-state index in [-0.39, 0.29) is 17.2 Å². The quantitative estimate of drug-likeness (QED) is 0.863. The first kappa shape index (κ1) is 16.5. The van der Waals surface area contributed by atoms with Crippen molar-refractivity contribution in [3.63, 3.8) is 0 Å². The maximum Gasteiger partial charge on any atom is 0.289 e. The summed E-state index contributed by atoms with van der Waals surface area (Å²) < 4.78 is 19.7. The van der Waals surface area contributed by atoms with Crippen molar-refractivity contribution in [1.82, 2.24) is 4.90 Å². The van der Waals surface area contributed by atoms with Crippen molar-refractivity contribution in [3.05, 3.63) is 52.1 Å². The molecule has 126 valence electrons. The minimum absolute atomic E-state index is 0.135. The van der Waals surface area contributed by atoms with Crippen LogP contribution in [0, 0.1) is 5.82 Å². The number of piperazine rings is 1. The Hall–Kier alpha value is -2.35. The number of furan rings is 1. The van der Waals surface area contributed by atoms with E-state index in [1.165, 1.54) is 12.3 Å². The summed E-state index contributed by atoms with van der Waals surface area (Å²) in [7, 11) is 0. The number of hydrogen-bond acceptors (Lipinski definition) is 4. The summed E-state index contributed by atoms with van der Waals surface area (Å²) in [6.07, 6.45) is 1.45. The topological polar surface area (TPSA) is 79.8 Å². The summed E-state index contributed by atoms with van der Waals surface area (Å²) in [5.41, 5.74) is 5.61. The third-order valence-electron chi connectivity index (χ3n) is 3.92. The summed E-state index contributed by atoms with van der Waals surface area (Å²) in [6.45, 7) is 1.79. The maximum absolute atomic E-state index is 14.1. The molecular formula is C16H15BrFN3O3. The zero-order valence-corrected chi connectivity index (χ0v) is 14.3. The van der Waals surface area contributed by atoms with Crippen LogP contribution in [0.25, 0.3) is 0 Å². The van der Waals surface area contributed by atoms with Crippen molar-refractivity contribution in [1.29, 1.82) is 0 Å². The summed E-state index contributed by atoms with van der Waals surface area (Å²) >= 11 is 3.23. The Labute approximate surface area is 146 Å². The predicted octanol–water partition coefficient (Wildman–Crippen LogP) is 2.24. The number of halogens is 2. The summed E-state index contributed by atoms with van der Waals surface area (Å²) in [6, 6.07) is 6.14. The molecule has 2 N–H and O–H groups in total. The average Bonchev–Trinajstić information content (AvgIpc) is 3.07. The van der Waals surface area contributed by atoms with Crippen LogP contribution in [0.4, 0.5) is 10.1 Å². The van der Waals surface area contributed by atoms with Crippen LogP contribution in [0.3, 0.4) is 0 Å².